The van der Waals surface area contributed by atoms with Crippen molar-refractivity contribution in [3.05, 3.63) is 11.9 Å². The summed E-state index contributed by atoms with van der Waals surface area (Å²) < 4.78 is 5.49. The van der Waals surface area contributed by atoms with E-state index in [4.69, 9.17) is 4.74 Å². The molecular weight excluding hydrogens is 272 g/mol. The van der Waals surface area contributed by atoms with E-state index in [1.54, 1.807) is 0 Å². The molecule has 1 aromatic heterocycles. The molecule has 2 aliphatic rings. The zero-order chi connectivity index (χ0) is 14.5. The summed E-state index contributed by atoms with van der Waals surface area (Å²) in [5.41, 5.74) is 1.02. The lowest BCUT2D eigenvalue weighted by Crippen LogP contribution is -2.41. The highest BCUT2D eigenvalue weighted by Gasteiger charge is 2.20. The highest BCUT2D eigenvalue weighted by molar-refractivity contribution is 5.78. The number of hydrogen-bond donors (Lipinski definition) is 2. The molecule has 1 aromatic rings. The van der Waals surface area contributed by atoms with Gasteiger partial charge in [-0.3, -0.25) is 9.69 Å². The number of aromatic nitrogens is 4. The van der Waals surface area contributed by atoms with Crippen molar-refractivity contribution in [3.63, 3.8) is 0 Å². The Morgan fingerprint density at radius 2 is 2.52 bits per heavy atom. The normalized spacial score (nSPS) is 23.0. The summed E-state index contributed by atoms with van der Waals surface area (Å²) in [5, 5.41) is 16.9. The van der Waals surface area contributed by atoms with E-state index in [9.17, 15) is 4.79 Å². The molecule has 2 aliphatic heterocycles. The maximum Gasteiger partial charge on any atom is 0.234 e. The van der Waals surface area contributed by atoms with Crippen molar-refractivity contribution in [2.75, 3.05) is 32.8 Å². The van der Waals surface area contributed by atoms with Crippen LogP contribution in [0.1, 0.15) is 25.1 Å². The molecule has 0 aromatic carbocycles. The van der Waals surface area contributed by atoms with Gasteiger partial charge in [-0.25, -0.2) is 0 Å². The second-order valence-corrected chi connectivity index (χ2v) is 5.40. The molecule has 0 radical (unpaired) electrons. The van der Waals surface area contributed by atoms with Crippen LogP contribution in [0.5, 0.6) is 0 Å². The average Bonchev–Trinajstić information content (AvgIpc) is 3.19. The van der Waals surface area contributed by atoms with Gasteiger partial charge in [-0.15, -0.1) is 10.2 Å². The Labute approximate surface area is 122 Å². The summed E-state index contributed by atoms with van der Waals surface area (Å²) in [6.45, 7) is 3.36. The number of nitrogens with zero attached hydrogens (tertiary/aromatic N) is 4. The third-order valence-electron chi connectivity index (χ3n) is 3.78. The number of hydrogen-bond acceptors (Lipinski definition) is 6. The molecule has 0 bridgehead atoms. The Balaban J connectivity index is 1.44. The van der Waals surface area contributed by atoms with Gasteiger partial charge in [-0.05, 0) is 24.5 Å². The van der Waals surface area contributed by atoms with Crippen molar-refractivity contribution < 1.29 is 9.53 Å². The minimum Gasteiger partial charge on any atom is -0.376 e. The van der Waals surface area contributed by atoms with Crippen molar-refractivity contribution >= 4 is 11.5 Å². The summed E-state index contributed by atoms with van der Waals surface area (Å²) in [7, 11) is 0. The highest BCUT2D eigenvalue weighted by atomic mass is 16.5. The molecule has 8 heteroatoms. The van der Waals surface area contributed by atoms with Crippen LogP contribution in [-0.2, 0) is 9.53 Å². The van der Waals surface area contributed by atoms with Gasteiger partial charge in [0.1, 0.15) is 0 Å². The number of carbonyl (C=O) groups is 1. The standard InChI is InChI=1S/C13H20N6O2/c20-12(14-7-11-4-2-6-21-11)9-19-5-1-3-10(8-19)13-15-17-18-16-13/h3,11H,1-2,4-9H2,(H,14,20)(H,15,16,17,18). The molecule has 1 amide bonds. The van der Waals surface area contributed by atoms with Gasteiger partial charge < -0.3 is 10.1 Å². The van der Waals surface area contributed by atoms with Crippen molar-refractivity contribution in [3.8, 4) is 0 Å². The molecule has 1 saturated heterocycles. The number of H-pyrrole nitrogens is 1. The lowest BCUT2D eigenvalue weighted by molar-refractivity contribution is -0.122. The van der Waals surface area contributed by atoms with Crippen LogP contribution >= 0.6 is 0 Å². The topological polar surface area (TPSA) is 96.0 Å². The first kappa shape index (κ1) is 14.2. The lowest BCUT2D eigenvalue weighted by Gasteiger charge is -2.25. The second-order valence-electron chi connectivity index (χ2n) is 5.40. The maximum absolute atomic E-state index is 12.0. The summed E-state index contributed by atoms with van der Waals surface area (Å²) in [6.07, 6.45) is 5.31. The van der Waals surface area contributed by atoms with Gasteiger partial charge in [0.25, 0.3) is 0 Å². The zero-order valence-electron chi connectivity index (χ0n) is 11.9. The van der Waals surface area contributed by atoms with Crippen LogP contribution in [0.3, 0.4) is 0 Å². The number of amides is 1. The first-order chi connectivity index (χ1) is 10.3. The van der Waals surface area contributed by atoms with E-state index in [0.29, 0.717) is 25.5 Å². The maximum atomic E-state index is 12.0. The predicted molar refractivity (Wildman–Crippen MR) is 75.2 cm³/mol. The summed E-state index contributed by atoms with van der Waals surface area (Å²) in [5.74, 6) is 0.652. The van der Waals surface area contributed by atoms with Gasteiger partial charge in [-0.2, -0.15) is 5.21 Å². The van der Waals surface area contributed by atoms with E-state index in [-0.39, 0.29) is 12.0 Å². The lowest BCUT2D eigenvalue weighted by atomic mass is 10.1. The third-order valence-corrected chi connectivity index (χ3v) is 3.78. The predicted octanol–water partition coefficient (Wildman–Crippen LogP) is -0.416. The molecule has 21 heavy (non-hydrogen) atoms. The Kier molecular flexibility index (Phi) is 4.56. The van der Waals surface area contributed by atoms with Crippen molar-refractivity contribution in [2.45, 2.75) is 25.4 Å². The minimum absolute atomic E-state index is 0.0415. The molecule has 1 atom stereocenters. The summed E-state index contributed by atoms with van der Waals surface area (Å²) in [6, 6.07) is 0. The number of aromatic amines is 1. The van der Waals surface area contributed by atoms with Crippen LogP contribution in [0.15, 0.2) is 6.08 Å². The number of ether oxygens (including phenoxy) is 1. The van der Waals surface area contributed by atoms with Crippen LogP contribution in [-0.4, -0.2) is 70.3 Å². The first-order valence-electron chi connectivity index (χ1n) is 7.35. The monoisotopic (exact) mass is 292 g/mol. The molecule has 0 aliphatic carbocycles. The Morgan fingerprint density at radius 1 is 1.57 bits per heavy atom. The number of rotatable bonds is 5. The Hall–Kier alpha value is -1.80. The van der Waals surface area contributed by atoms with Crippen molar-refractivity contribution in [2.24, 2.45) is 0 Å². The average molecular weight is 292 g/mol. The fourth-order valence-corrected chi connectivity index (χ4v) is 2.69. The van der Waals surface area contributed by atoms with Gasteiger partial charge in [0, 0.05) is 31.8 Å². The van der Waals surface area contributed by atoms with Crippen LogP contribution in [0.25, 0.3) is 5.57 Å². The fraction of sp³-hybridized carbons (Fsp3) is 0.692. The second kappa shape index (κ2) is 6.77. The largest absolute Gasteiger partial charge is 0.376 e. The molecule has 3 heterocycles. The number of carbonyl (C=O) groups excluding carboxylic acids is 1. The van der Waals surface area contributed by atoms with E-state index in [1.165, 1.54) is 0 Å². The van der Waals surface area contributed by atoms with Gasteiger partial charge in [-0.1, -0.05) is 6.08 Å². The Morgan fingerprint density at radius 3 is 3.29 bits per heavy atom. The smallest absolute Gasteiger partial charge is 0.234 e. The molecule has 2 N–H and O–H groups in total. The number of nitrogens with one attached hydrogen (secondary N) is 2. The van der Waals surface area contributed by atoms with Crippen LogP contribution < -0.4 is 5.32 Å². The van der Waals surface area contributed by atoms with Crippen molar-refractivity contribution in [1.29, 1.82) is 0 Å². The Bertz CT molecular complexity index is 495. The van der Waals surface area contributed by atoms with Crippen molar-refractivity contribution in [1.82, 2.24) is 30.8 Å². The molecule has 1 unspecified atom stereocenters. The van der Waals surface area contributed by atoms with Crippen LogP contribution in [0, 0.1) is 0 Å². The van der Waals surface area contributed by atoms with E-state index in [0.717, 1.165) is 38.0 Å². The van der Waals surface area contributed by atoms with Gasteiger partial charge in [0.05, 0.1) is 12.6 Å². The summed E-state index contributed by atoms with van der Waals surface area (Å²) in [4.78, 5) is 14.1. The van der Waals surface area contributed by atoms with E-state index in [1.807, 2.05) is 0 Å². The third kappa shape index (κ3) is 3.85. The van der Waals surface area contributed by atoms with Crippen LogP contribution in [0.2, 0.25) is 0 Å². The van der Waals surface area contributed by atoms with Gasteiger partial charge in [0.2, 0.25) is 11.7 Å². The first-order valence-corrected chi connectivity index (χ1v) is 7.35. The highest BCUT2D eigenvalue weighted by Crippen LogP contribution is 2.16. The van der Waals surface area contributed by atoms with Gasteiger partial charge >= 0.3 is 0 Å². The molecule has 0 saturated carbocycles. The van der Waals surface area contributed by atoms with E-state index >= 15 is 0 Å². The molecule has 114 valence electrons. The molecule has 8 nitrogen and oxygen atoms in total. The van der Waals surface area contributed by atoms with Gasteiger partial charge in [0.15, 0.2) is 0 Å². The fourth-order valence-electron chi connectivity index (χ4n) is 2.69. The molecule has 3 rings (SSSR count). The zero-order valence-corrected chi connectivity index (χ0v) is 11.9. The van der Waals surface area contributed by atoms with E-state index < -0.39 is 0 Å². The SMILES string of the molecule is O=C(CN1CCC=C(c2nn[nH]n2)C1)NCC1CCCO1. The quantitative estimate of drug-likeness (QED) is 0.765. The molecule has 1 fully saturated rings. The minimum atomic E-state index is 0.0415. The molecule has 0 spiro atoms. The molecular formula is C13H20N6O2. The summed E-state index contributed by atoms with van der Waals surface area (Å²) >= 11 is 0. The van der Waals surface area contributed by atoms with Crippen LogP contribution in [0.4, 0.5) is 0 Å². The van der Waals surface area contributed by atoms with E-state index in [2.05, 4.69) is 36.9 Å². The number of tetrazole rings is 1.